The highest BCUT2D eigenvalue weighted by Gasteiger charge is 2.21. The number of ether oxygens (including phenoxy) is 1. The Labute approximate surface area is 217 Å². The second kappa shape index (κ2) is 12.6. The molecule has 1 aromatic heterocycles. The van der Waals surface area contributed by atoms with Crippen LogP contribution in [0.15, 0.2) is 35.6 Å². The van der Waals surface area contributed by atoms with E-state index in [0.29, 0.717) is 27.5 Å². The number of benzene rings is 1. The van der Waals surface area contributed by atoms with E-state index in [1.807, 2.05) is 0 Å². The molecule has 0 bridgehead atoms. The number of hydrogen-bond donors (Lipinski definition) is 2. The molecule has 1 fully saturated rings. The number of nitrogens with zero attached hydrogens (tertiary/aromatic N) is 3. The molecule has 35 heavy (non-hydrogen) atoms. The normalized spacial score (nSPS) is 16.8. The maximum Gasteiger partial charge on any atom is 0.166 e. The van der Waals surface area contributed by atoms with Gasteiger partial charge in [-0.15, -0.1) is 0 Å². The largest absolute Gasteiger partial charge is 0.482 e. The second-order valence-corrected chi connectivity index (χ2v) is 10.1. The average molecular weight is 522 g/mol. The van der Waals surface area contributed by atoms with Crippen LogP contribution in [-0.2, 0) is 0 Å². The molecule has 2 aromatic rings. The lowest BCUT2D eigenvalue weighted by molar-refractivity contribution is 0.204. The number of allylic oxidation sites excluding steroid dienone is 1. The minimum Gasteiger partial charge on any atom is -0.482 e. The third kappa shape index (κ3) is 7.32. The van der Waals surface area contributed by atoms with Crippen molar-refractivity contribution in [1.29, 1.82) is 0 Å². The van der Waals surface area contributed by atoms with Gasteiger partial charge in [0.05, 0.1) is 11.1 Å². The van der Waals surface area contributed by atoms with Crippen LogP contribution in [0.2, 0.25) is 10.0 Å². The van der Waals surface area contributed by atoms with E-state index in [2.05, 4.69) is 23.7 Å². The summed E-state index contributed by atoms with van der Waals surface area (Å²) in [5.74, 6) is 0.650. The monoisotopic (exact) mass is 521 g/mol. The average Bonchev–Trinajstić information content (AvgIpc) is 2.83. The quantitative estimate of drug-likeness (QED) is 0.306. The zero-order valence-electron chi connectivity index (χ0n) is 20.5. The molecule has 0 radical (unpaired) electrons. The number of pyridine rings is 1. The van der Waals surface area contributed by atoms with Crippen LogP contribution >= 0.6 is 23.2 Å². The first-order valence-electron chi connectivity index (χ1n) is 11.9. The van der Waals surface area contributed by atoms with Gasteiger partial charge in [0.1, 0.15) is 11.9 Å². The van der Waals surface area contributed by atoms with Gasteiger partial charge >= 0.3 is 0 Å². The van der Waals surface area contributed by atoms with Crippen molar-refractivity contribution in [3.8, 4) is 5.75 Å². The van der Waals surface area contributed by atoms with Crippen LogP contribution in [0.1, 0.15) is 57.3 Å². The molecular weight excluding hydrogens is 488 g/mol. The first-order chi connectivity index (χ1) is 16.7. The number of nitrogens with two attached hydrogens (primary N) is 2. The lowest BCUT2D eigenvalue weighted by atomic mass is 10.0. The van der Waals surface area contributed by atoms with E-state index < -0.39 is 11.9 Å². The molecule has 0 spiro atoms. The number of piperidine rings is 1. The van der Waals surface area contributed by atoms with E-state index in [-0.39, 0.29) is 16.9 Å². The van der Waals surface area contributed by atoms with Gasteiger partial charge in [-0.25, -0.2) is 9.37 Å². The Morgan fingerprint density at radius 3 is 2.66 bits per heavy atom. The molecule has 0 amide bonds. The van der Waals surface area contributed by atoms with Crippen LogP contribution in [0, 0.1) is 11.7 Å². The maximum absolute atomic E-state index is 14.0. The van der Waals surface area contributed by atoms with Gasteiger partial charge in [0.15, 0.2) is 11.6 Å². The van der Waals surface area contributed by atoms with Gasteiger partial charge in [-0.3, -0.25) is 4.99 Å². The van der Waals surface area contributed by atoms with Gasteiger partial charge in [0.2, 0.25) is 0 Å². The summed E-state index contributed by atoms with van der Waals surface area (Å²) in [4.78, 5) is 11.5. The molecule has 1 saturated heterocycles. The number of halogens is 3. The summed E-state index contributed by atoms with van der Waals surface area (Å²) < 4.78 is 19.9. The van der Waals surface area contributed by atoms with Crippen molar-refractivity contribution >= 4 is 40.8 Å². The van der Waals surface area contributed by atoms with Crippen LogP contribution in [0.5, 0.6) is 5.75 Å². The molecule has 0 unspecified atom stereocenters. The number of rotatable bonds is 9. The molecule has 9 heteroatoms. The third-order valence-electron chi connectivity index (χ3n) is 6.19. The predicted molar refractivity (Wildman–Crippen MR) is 144 cm³/mol. The zero-order chi connectivity index (χ0) is 25.5. The first-order valence-corrected chi connectivity index (χ1v) is 12.7. The van der Waals surface area contributed by atoms with Crippen LogP contribution < -0.4 is 16.2 Å². The van der Waals surface area contributed by atoms with Crippen LogP contribution in [0.4, 0.5) is 10.2 Å². The van der Waals surface area contributed by atoms with Crippen LogP contribution in [-0.4, -0.2) is 41.8 Å². The van der Waals surface area contributed by atoms with E-state index in [4.69, 9.17) is 44.4 Å². The van der Waals surface area contributed by atoms with Gasteiger partial charge in [-0.2, -0.15) is 0 Å². The SMILES string of the molecule is CC(C)CCN1CCC(N=C/C(=C\N)c2cnc(N)c(O[C@H](C)c3c(Cl)ccc(F)c3Cl)c2)CC1. The Morgan fingerprint density at radius 2 is 2.00 bits per heavy atom. The molecule has 4 N–H and O–H groups in total. The highest BCUT2D eigenvalue weighted by atomic mass is 35.5. The summed E-state index contributed by atoms with van der Waals surface area (Å²) >= 11 is 12.4. The Kier molecular flexibility index (Phi) is 9.78. The zero-order valence-corrected chi connectivity index (χ0v) is 22.0. The van der Waals surface area contributed by atoms with Crippen molar-refractivity contribution < 1.29 is 9.13 Å². The fraction of sp³-hybridized carbons (Fsp3) is 0.462. The number of aromatic nitrogens is 1. The minimum atomic E-state index is -0.662. The molecule has 1 aliphatic heterocycles. The fourth-order valence-corrected chi connectivity index (χ4v) is 4.68. The fourth-order valence-electron chi connectivity index (χ4n) is 4.00. The van der Waals surface area contributed by atoms with Crippen molar-refractivity contribution in [3.05, 3.63) is 57.6 Å². The van der Waals surface area contributed by atoms with E-state index in [1.165, 1.54) is 24.8 Å². The molecule has 2 heterocycles. The number of hydrogen-bond acceptors (Lipinski definition) is 6. The van der Waals surface area contributed by atoms with Gasteiger partial charge in [0.25, 0.3) is 0 Å². The van der Waals surface area contributed by atoms with Gasteiger partial charge < -0.3 is 21.1 Å². The van der Waals surface area contributed by atoms with Crippen molar-refractivity contribution in [2.75, 3.05) is 25.4 Å². The lowest BCUT2D eigenvalue weighted by Gasteiger charge is -2.30. The molecule has 6 nitrogen and oxygen atoms in total. The topological polar surface area (TPSA) is 89.8 Å². The van der Waals surface area contributed by atoms with E-state index in [1.54, 1.807) is 25.4 Å². The molecule has 1 atom stereocenters. The maximum atomic E-state index is 14.0. The highest BCUT2D eigenvalue weighted by molar-refractivity contribution is 6.36. The highest BCUT2D eigenvalue weighted by Crippen LogP contribution is 2.36. The van der Waals surface area contributed by atoms with Gasteiger partial charge in [-0.1, -0.05) is 37.0 Å². The van der Waals surface area contributed by atoms with Crippen molar-refractivity contribution in [1.82, 2.24) is 9.88 Å². The number of nitrogen functional groups attached to an aromatic ring is 1. The number of anilines is 1. The van der Waals surface area contributed by atoms with E-state index in [0.717, 1.165) is 38.4 Å². The van der Waals surface area contributed by atoms with Crippen molar-refractivity contribution in [2.45, 2.75) is 52.2 Å². The van der Waals surface area contributed by atoms with E-state index in [9.17, 15) is 4.39 Å². The molecular formula is C26H34Cl2FN5O. The first kappa shape index (κ1) is 27.2. The Morgan fingerprint density at radius 1 is 1.29 bits per heavy atom. The molecule has 0 saturated carbocycles. The molecule has 190 valence electrons. The summed E-state index contributed by atoms with van der Waals surface area (Å²) in [7, 11) is 0. The predicted octanol–water partition coefficient (Wildman–Crippen LogP) is 6.13. The summed E-state index contributed by atoms with van der Waals surface area (Å²) in [6, 6.07) is 4.65. The Balaban J connectivity index is 1.69. The summed E-state index contributed by atoms with van der Waals surface area (Å²) in [6.45, 7) is 9.49. The lowest BCUT2D eigenvalue weighted by Crippen LogP contribution is -2.36. The third-order valence-corrected chi connectivity index (χ3v) is 6.90. The van der Waals surface area contributed by atoms with E-state index >= 15 is 0 Å². The second-order valence-electron chi connectivity index (χ2n) is 9.28. The Bertz CT molecular complexity index is 1070. The summed E-state index contributed by atoms with van der Waals surface area (Å²) in [5.41, 5.74) is 13.7. The molecule has 0 aliphatic carbocycles. The Hall–Kier alpha value is -2.35. The summed E-state index contributed by atoms with van der Waals surface area (Å²) in [6.07, 6.45) is 7.50. The van der Waals surface area contributed by atoms with Crippen LogP contribution in [0.25, 0.3) is 5.57 Å². The van der Waals surface area contributed by atoms with Crippen molar-refractivity contribution in [3.63, 3.8) is 0 Å². The van der Waals surface area contributed by atoms with Gasteiger partial charge in [0, 0.05) is 53.4 Å². The molecule has 1 aromatic carbocycles. The smallest absolute Gasteiger partial charge is 0.166 e. The van der Waals surface area contributed by atoms with Gasteiger partial charge in [-0.05, 0) is 56.8 Å². The van der Waals surface area contributed by atoms with Crippen LogP contribution in [0.3, 0.4) is 0 Å². The molecule has 1 aliphatic rings. The number of likely N-dealkylation sites (tertiary alicyclic amines) is 1. The standard InChI is InChI=1S/C26H34Cl2FN5O/c1-16(2)6-9-34-10-7-20(8-11-34)32-15-19(13-30)18-12-23(26(31)33-14-18)35-17(3)24-21(27)4-5-22(29)25(24)28/h4-5,12-17,20H,6-11,30H2,1-3H3,(H2,31,33)/b19-13+,32-15?/t17-/m1/s1. The molecule has 3 rings (SSSR count). The minimum absolute atomic E-state index is 0.0855. The van der Waals surface area contributed by atoms with Crippen molar-refractivity contribution in [2.24, 2.45) is 16.6 Å². The number of aliphatic imine (C=N–C) groups is 1. The summed E-state index contributed by atoms with van der Waals surface area (Å²) in [5, 5.41) is 0.217.